The van der Waals surface area contributed by atoms with Gasteiger partial charge in [0.15, 0.2) is 11.6 Å². The number of halogens is 2. The van der Waals surface area contributed by atoms with Gasteiger partial charge in [0, 0.05) is 35.8 Å². The van der Waals surface area contributed by atoms with E-state index in [9.17, 15) is 13.6 Å². The molecule has 0 bridgehead atoms. The molecular weight excluding hydrogens is 402 g/mol. The molecule has 1 atom stereocenters. The van der Waals surface area contributed by atoms with Gasteiger partial charge in [0.2, 0.25) is 5.91 Å². The molecular formula is C24H22F2N2OS. The second-order valence-corrected chi connectivity index (χ2v) is 8.58. The topological polar surface area (TPSA) is 32.3 Å². The third-order valence-corrected chi connectivity index (χ3v) is 6.49. The molecule has 0 saturated heterocycles. The van der Waals surface area contributed by atoms with E-state index >= 15 is 0 Å². The molecule has 154 valence electrons. The number of hydrogen-bond donors (Lipinski definition) is 1. The number of benzene rings is 3. The van der Waals surface area contributed by atoms with Crippen molar-refractivity contribution in [3.05, 3.63) is 89.5 Å². The van der Waals surface area contributed by atoms with Gasteiger partial charge in [-0.3, -0.25) is 4.79 Å². The third-order valence-electron chi connectivity index (χ3n) is 5.10. The summed E-state index contributed by atoms with van der Waals surface area (Å²) in [6.45, 7) is 3.01. The number of thioether (sulfide) groups is 1. The van der Waals surface area contributed by atoms with Crippen molar-refractivity contribution in [2.75, 3.05) is 16.8 Å². The van der Waals surface area contributed by atoms with Crippen LogP contribution in [-0.4, -0.2) is 12.5 Å². The largest absolute Gasteiger partial charge is 0.366 e. The molecule has 1 heterocycles. The highest BCUT2D eigenvalue weighted by Gasteiger charge is 2.24. The quantitative estimate of drug-likeness (QED) is 0.544. The van der Waals surface area contributed by atoms with Crippen molar-refractivity contribution in [3.8, 4) is 0 Å². The Morgan fingerprint density at radius 3 is 2.57 bits per heavy atom. The van der Waals surface area contributed by atoms with Crippen molar-refractivity contribution in [3.63, 3.8) is 0 Å². The van der Waals surface area contributed by atoms with E-state index in [0.717, 1.165) is 46.9 Å². The van der Waals surface area contributed by atoms with Crippen LogP contribution in [0, 0.1) is 11.6 Å². The Bertz CT molecular complexity index is 1060. The van der Waals surface area contributed by atoms with E-state index < -0.39 is 11.6 Å². The Labute approximate surface area is 179 Å². The fourth-order valence-electron chi connectivity index (χ4n) is 3.65. The summed E-state index contributed by atoms with van der Waals surface area (Å²) in [5, 5.41) is 2.83. The molecule has 0 aliphatic carbocycles. The summed E-state index contributed by atoms with van der Waals surface area (Å²) in [6, 6.07) is 20.2. The zero-order chi connectivity index (χ0) is 21.1. The zero-order valence-corrected chi connectivity index (χ0v) is 17.4. The fraction of sp³-hybridized carbons (Fsp3) is 0.208. The van der Waals surface area contributed by atoms with Crippen LogP contribution < -0.4 is 10.2 Å². The van der Waals surface area contributed by atoms with Gasteiger partial charge in [-0.1, -0.05) is 30.3 Å². The lowest BCUT2D eigenvalue weighted by atomic mass is 10.1. The van der Waals surface area contributed by atoms with Gasteiger partial charge in [0.05, 0.1) is 5.69 Å². The van der Waals surface area contributed by atoms with Crippen molar-refractivity contribution >= 4 is 29.0 Å². The Balaban J connectivity index is 1.56. The van der Waals surface area contributed by atoms with Crippen LogP contribution in [0.4, 0.5) is 20.2 Å². The molecule has 3 aromatic rings. The molecule has 0 saturated carbocycles. The number of para-hydroxylation sites is 1. The molecule has 3 nitrogen and oxygen atoms in total. The van der Waals surface area contributed by atoms with Crippen molar-refractivity contribution in [1.82, 2.24) is 0 Å². The molecule has 0 fully saturated rings. The monoisotopic (exact) mass is 424 g/mol. The second kappa shape index (κ2) is 8.88. The fourth-order valence-corrected chi connectivity index (χ4v) is 4.94. The summed E-state index contributed by atoms with van der Waals surface area (Å²) in [4.78, 5) is 14.7. The van der Waals surface area contributed by atoms with Crippen LogP contribution in [0.1, 0.15) is 29.7 Å². The van der Waals surface area contributed by atoms with Crippen LogP contribution in [0.3, 0.4) is 0 Å². The predicted octanol–water partition coefficient (Wildman–Crippen LogP) is 6.17. The van der Waals surface area contributed by atoms with E-state index in [-0.39, 0.29) is 11.2 Å². The van der Waals surface area contributed by atoms with Crippen molar-refractivity contribution in [1.29, 1.82) is 0 Å². The number of nitrogens with one attached hydrogen (secondary N) is 1. The van der Waals surface area contributed by atoms with Crippen LogP contribution >= 0.6 is 11.8 Å². The minimum atomic E-state index is -0.817. The third kappa shape index (κ3) is 4.65. The number of nitrogens with zero attached hydrogens (tertiary/aromatic N) is 1. The average Bonchev–Trinajstić information content (AvgIpc) is 2.91. The van der Waals surface area contributed by atoms with Gasteiger partial charge in [0.1, 0.15) is 0 Å². The number of carbonyl (C=O) groups is 1. The molecule has 3 aromatic carbocycles. The maximum Gasteiger partial charge on any atom is 0.221 e. The van der Waals surface area contributed by atoms with E-state index in [0.29, 0.717) is 0 Å². The lowest BCUT2D eigenvalue weighted by molar-refractivity contribution is -0.114. The number of carbonyl (C=O) groups excluding carboxylic acids is 1. The Hall–Kier alpha value is -2.86. The highest BCUT2D eigenvalue weighted by Crippen LogP contribution is 2.45. The van der Waals surface area contributed by atoms with Gasteiger partial charge in [-0.15, -0.1) is 11.8 Å². The maximum atomic E-state index is 13.8. The first-order valence-corrected chi connectivity index (χ1v) is 10.7. The maximum absolute atomic E-state index is 13.8. The summed E-state index contributed by atoms with van der Waals surface area (Å²) in [7, 11) is 0. The van der Waals surface area contributed by atoms with E-state index in [1.165, 1.54) is 19.1 Å². The number of amides is 1. The molecule has 6 heteroatoms. The summed E-state index contributed by atoms with van der Waals surface area (Å²) in [5.74, 6) is -1.71. The van der Waals surface area contributed by atoms with Gasteiger partial charge in [-0.25, -0.2) is 8.78 Å². The second-order valence-electron chi connectivity index (χ2n) is 7.34. The first kappa shape index (κ1) is 20.4. The van der Waals surface area contributed by atoms with Crippen LogP contribution in [-0.2, 0) is 11.3 Å². The van der Waals surface area contributed by atoms with Crippen LogP contribution in [0.5, 0.6) is 0 Å². The molecule has 1 aliphatic rings. The van der Waals surface area contributed by atoms with Gasteiger partial charge in [-0.2, -0.15) is 0 Å². The Kier molecular flexibility index (Phi) is 6.04. The van der Waals surface area contributed by atoms with E-state index in [1.54, 1.807) is 17.8 Å². The predicted molar refractivity (Wildman–Crippen MR) is 118 cm³/mol. The van der Waals surface area contributed by atoms with Gasteiger partial charge in [0.25, 0.3) is 0 Å². The summed E-state index contributed by atoms with van der Waals surface area (Å²) >= 11 is 1.69. The lowest BCUT2D eigenvalue weighted by Gasteiger charge is -2.25. The number of fused-ring (bicyclic) bond motifs is 1. The number of rotatable bonds is 4. The Morgan fingerprint density at radius 2 is 1.83 bits per heavy atom. The average molecular weight is 425 g/mol. The van der Waals surface area contributed by atoms with Crippen molar-refractivity contribution in [2.45, 2.75) is 30.0 Å². The minimum absolute atomic E-state index is 0.0494. The van der Waals surface area contributed by atoms with Crippen LogP contribution in [0.2, 0.25) is 0 Å². The molecule has 1 N–H and O–H groups in total. The molecule has 0 aromatic heterocycles. The van der Waals surface area contributed by atoms with Gasteiger partial charge >= 0.3 is 0 Å². The Morgan fingerprint density at radius 1 is 1.07 bits per heavy atom. The molecule has 1 unspecified atom stereocenters. The highest BCUT2D eigenvalue weighted by atomic mass is 32.2. The SMILES string of the molecule is CC(=O)Nc1ccc(CN2CCC(c3ccc(F)c(F)c3)Sc3ccccc32)cc1. The normalized spacial score (nSPS) is 16.0. The molecule has 0 radical (unpaired) electrons. The highest BCUT2D eigenvalue weighted by molar-refractivity contribution is 7.99. The molecule has 1 amide bonds. The van der Waals surface area contributed by atoms with E-state index in [2.05, 4.69) is 22.3 Å². The molecule has 0 spiro atoms. The van der Waals surface area contributed by atoms with Crippen LogP contribution in [0.25, 0.3) is 0 Å². The number of anilines is 2. The number of hydrogen-bond acceptors (Lipinski definition) is 3. The lowest BCUT2D eigenvalue weighted by Crippen LogP contribution is -2.24. The van der Waals surface area contributed by atoms with E-state index in [1.807, 2.05) is 36.4 Å². The first-order valence-electron chi connectivity index (χ1n) is 9.82. The summed E-state index contributed by atoms with van der Waals surface area (Å²) in [5.41, 5.74) is 3.85. The van der Waals surface area contributed by atoms with Gasteiger partial charge in [-0.05, 0) is 53.9 Å². The smallest absolute Gasteiger partial charge is 0.221 e. The van der Waals surface area contributed by atoms with Crippen molar-refractivity contribution in [2.24, 2.45) is 0 Å². The summed E-state index contributed by atoms with van der Waals surface area (Å²) < 4.78 is 27.2. The summed E-state index contributed by atoms with van der Waals surface area (Å²) in [6.07, 6.45) is 0.814. The molecule has 1 aliphatic heterocycles. The molecule has 4 rings (SSSR count). The van der Waals surface area contributed by atoms with Crippen LogP contribution in [0.15, 0.2) is 71.6 Å². The first-order chi connectivity index (χ1) is 14.5. The standard InChI is InChI=1S/C24H22F2N2OS/c1-16(29)27-19-9-6-17(7-10-19)15-28-13-12-23(18-8-11-20(25)21(26)14-18)30-24-5-3-2-4-22(24)28/h2-11,14,23H,12-13,15H2,1H3,(H,27,29). The van der Waals surface area contributed by atoms with Crippen molar-refractivity contribution < 1.29 is 13.6 Å². The van der Waals surface area contributed by atoms with E-state index in [4.69, 9.17) is 0 Å². The van der Waals surface area contributed by atoms with Gasteiger partial charge < -0.3 is 10.2 Å². The minimum Gasteiger partial charge on any atom is -0.366 e. The zero-order valence-electron chi connectivity index (χ0n) is 16.6. The molecule has 30 heavy (non-hydrogen) atoms.